The number of hydrogen-bond donors (Lipinski definition) is 2. The van der Waals surface area contributed by atoms with Gasteiger partial charge in [0.1, 0.15) is 18.1 Å². The molecular formula is C22H20N4O2. The molecule has 1 aliphatic carbocycles. The van der Waals surface area contributed by atoms with E-state index in [1.807, 2.05) is 43.3 Å². The fourth-order valence-electron chi connectivity index (χ4n) is 4.39. The molecule has 1 aromatic heterocycles. The van der Waals surface area contributed by atoms with Crippen LogP contribution in [0.1, 0.15) is 41.5 Å². The molecule has 2 atom stereocenters. The minimum Gasteiger partial charge on any atom is -0.508 e. The zero-order valence-electron chi connectivity index (χ0n) is 15.5. The summed E-state index contributed by atoms with van der Waals surface area (Å²) >= 11 is 0. The van der Waals surface area contributed by atoms with Crippen molar-refractivity contribution in [1.29, 1.82) is 0 Å². The second-order valence-electron chi connectivity index (χ2n) is 7.39. The number of nitrogens with one attached hydrogen (secondary N) is 1. The predicted molar refractivity (Wildman–Crippen MR) is 105 cm³/mol. The summed E-state index contributed by atoms with van der Waals surface area (Å²) in [5.74, 6) is 0.889. The van der Waals surface area contributed by atoms with E-state index < -0.39 is 0 Å². The van der Waals surface area contributed by atoms with Crippen LogP contribution in [-0.2, 0) is 4.79 Å². The minimum atomic E-state index is -0.284. The van der Waals surface area contributed by atoms with Gasteiger partial charge >= 0.3 is 0 Å². The number of carbonyl (C=O) groups excluding carboxylic acids is 1. The molecule has 2 unspecified atom stereocenters. The Balaban J connectivity index is 1.63. The predicted octanol–water partition coefficient (Wildman–Crippen LogP) is 3.71. The van der Waals surface area contributed by atoms with E-state index in [0.717, 1.165) is 28.0 Å². The van der Waals surface area contributed by atoms with Crippen molar-refractivity contribution in [2.45, 2.75) is 31.7 Å². The lowest BCUT2D eigenvalue weighted by molar-refractivity contribution is -0.116. The maximum Gasteiger partial charge on any atom is 0.226 e. The highest BCUT2D eigenvalue weighted by atomic mass is 16.3. The first-order valence-corrected chi connectivity index (χ1v) is 9.39. The number of Topliss-reactive ketones (excluding diaryl/α,β-unsaturated/α-hetero) is 1. The highest BCUT2D eigenvalue weighted by Gasteiger charge is 2.40. The van der Waals surface area contributed by atoms with Gasteiger partial charge in [0.25, 0.3) is 0 Å². The van der Waals surface area contributed by atoms with Gasteiger partial charge < -0.3 is 10.4 Å². The molecule has 0 saturated heterocycles. The Hall–Kier alpha value is -3.41. The van der Waals surface area contributed by atoms with Crippen LogP contribution in [0.5, 0.6) is 5.75 Å². The molecule has 0 bridgehead atoms. The molecule has 28 heavy (non-hydrogen) atoms. The zero-order chi connectivity index (χ0) is 19.3. The van der Waals surface area contributed by atoms with Crippen molar-refractivity contribution in [3.05, 3.63) is 82.8 Å². The van der Waals surface area contributed by atoms with E-state index in [4.69, 9.17) is 0 Å². The number of allylic oxidation sites excluding steroid dienone is 2. The third kappa shape index (κ3) is 2.52. The van der Waals surface area contributed by atoms with Crippen molar-refractivity contribution in [3.8, 4) is 5.75 Å². The van der Waals surface area contributed by atoms with E-state index >= 15 is 0 Å². The van der Waals surface area contributed by atoms with Crippen molar-refractivity contribution in [3.63, 3.8) is 0 Å². The summed E-state index contributed by atoms with van der Waals surface area (Å²) in [4.78, 5) is 17.6. The van der Waals surface area contributed by atoms with E-state index in [9.17, 15) is 9.90 Å². The number of aromatic nitrogens is 3. The molecule has 6 heteroatoms. The molecule has 0 fully saturated rings. The average Bonchev–Trinajstić information content (AvgIpc) is 3.15. The first-order chi connectivity index (χ1) is 13.6. The van der Waals surface area contributed by atoms with Crippen LogP contribution in [-0.4, -0.2) is 25.7 Å². The Kier molecular flexibility index (Phi) is 3.79. The number of fused-ring (bicyclic) bond motifs is 1. The van der Waals surface area contributed by atoms with Gasteiger partial charge in [0.05, 0.1) is 0 Å². The fraction of sp³-hybridized carbons (Fsp3) is 0.227. The number of ketones is 1. The van der Waals surface area contributed by atoms with Crippen LogP contribution in [0, 0.1) is 6.92 Å². The van der Waals surface area contributed by atoms with Crippen molar-refractivity contribution >= 4 is 11.7 Å². The highest BCUT2D eigenvalue weighted by molar-refractivity contribution is 6.00. The second-order valence-corrected chi connectivity index (χ2v) is 7.39. The molecule has 3 aromatic rings. The number of carbonyl (C=O) groups is 1. The molecule has 2 heterocycles. The number of aromatic hydroxyl groups is 1. The summed E-state index contributed by atoms with van der Waals surface area (Å²) < 4.78 is 1.79. The Bertz CT molecular complexity index is 1110. The molecule has 1 aliphatic heterocycles. The quantitative estimate of drug-likeness (QED) is 0.717. The Morgan fingerprint density at radius 2 is 1.82 bits per heavy atom. The lowest BCUT2D eigenvalue weighted by Gasteiger charge is -2.35. The minimum absolute atomic E-state index is 0.0630. The third-order valence-electron chi connectivity index (χ3n) is 5.72. The fourth-order valence-corrected chi connectivity index (χ4v) is 4.39. The number of rotatable bonds is 2. The van der Waals surface area contributed by atoms with Gasteiger partial charge in [0.15, 0.2) is 5.78 Å². The molecule has 0 saturated carbocycles. The summed E-state index contributed by atoms with van der Waals surface area (Å²) in [5.41, 5.74) is 4.59. The summed E-state index contributed by atoms with van der Waals surface area (Å²) in [6.45, 7) is 2.05. The Labute approximate surface area is 162 Å². The first kappa shape index (κ1) is 16.7. The van der Waals surface area contributed by atoms with Crippen LogP contribution in [0.2, 0.25) is 0 Å². The van der Waals surface area contributed by atoms with Gasteiger partial charge in [0, 0.05) is 23.6 Å². The zero-order valence-corrected chi connectivity index (χ0v) is 15.5. The summed E-state index contributed by atoms with van der Waals surface area (Å²) in [6, 6.07) is 15.0. The lowest BCUT2D eigenvalue weighted by atomic mass is 9.77. The van der Waals surface area contributed by atoms with Gasteiger partial charge in [-0.05, 0) is 36.1 Å². The van der Waals surface area contributed by atoms with E-state index in [1.54, 1.807) is 16.8 Å². The SMILES string of the molecule is Cc1ccccc1C1C2=C(CC(c3ccccc3O)CC2=O)Nc2ncnn21. The van der Waals surface area contributed by atoms with Crippen LogP contribution in [0.25, 0.3) is 0 Å². The molecule has 2 aliphatic rings. The van der Waals surface area contributed by atoms with Crippen molar-refractivity contribution < 1.29 is 9.90 Å². The van der Waals surface area contributed by atoms with Gasteiger partial charge in [-0.2, -0.15) is 10.1 Å². The molecule has 2 N–H and O–H groups in total. The molecule has 0 radical (unpaired) electrons. The summed E-state index contributed by atoms with van der Waals surface area (Å²) in [5, 5.41) is 18.0. The van der Waals surface area contributed by atoms with Crippen LogP contribution in [0.4, 0.5) is 5.95 Å². The van der Waals surface area contributed by atoms with Crippen LogP contribution in [0.15, 0.2) is 66.1 Å². The van der Waals surface area contributed by atoms with E-state index in [-0.39, 0.29) is 23.5 Å². The van der Waals surface area contributed by atoms with Gasteiger partial charge in [-0.1, -0.05) is 42.5 Å². The lowest BCUT2D eigenvalue weighted by Crippen LogP contribution is -2.33. The number of aryl methyl sites for hydroxylation is 1. The highest BCUT2D eigenvalue weighted by Crippen LogP contribution is 2.45. The molecule has 0 amide bonds. The molecule has 5 rings (SSSR count). The first-order valence-electron chi connectivity index (χ1n) is 9.39. The number of phenolic OH excluding ortho intramolecular Hbond substituents is 1. The molecule has 2 aromatic carbocycles. The van der Waals surface area contributed by atoms with Gasteiger partial charge in [-0.25, -0.2) is 4.68 Å². The second kappa shape index (κ2) is 6.34. The molecule has 140 valence electrons. The summed E-state index contributed by atoms with van der Waals surface area (Å²) in [6.07, 6.45) is 2.52. The van der Waals surface area contributed by atoms with Crippen LogP contribution in [0.3, 0.4) is 0 Å². The molecule has 0 spiro atoms. The number of hydrogen-bond acceptors (Lipinski definition) is 5. The average molecular weight is 372 g/mol. The number of para-hydroxylation sites is 1. The maximum atomic E-state index is 13.3. The van der Waals surface area contributed by atoms with Crippen LogP contribution < -0.4 is 5.32 Å². The largest absolute Gasteiger partial charge is 0.508 e. The topological polar surface area (TPSA) is 80.0 Å². The normalized spacial score (nSPS) is 21.1. The number of nitrogens with zero attached hydrogens (tertiary/aromatic N) is 3. The summed E-state index contributed by atoms with van der Waals surface area (Å²) in [7, 11) is 0. The molecular weight excluding hydrogens is 352 g/mol. The Morgan fingerprint density at radius 3 is 2.61 bits per heavy atom. The van der Waals surface area contributed by atoms with E-state index in [1.165, 1.54) is 6.33 Å². The van der Waals surface area contributed by atoms with Crippen LogP contribution >= 0.6 is 0 Å². The third-order valence-corrected chi connectivity index (χ3v) is 5.72. The van der Waals surface area contributed by atoms with Gasteiger partial charge in [0.2, 0.25) is 5.95 Å². The van der Waals surface area contributed by atoms with E-state index in [0.29, 0.717) is 18.8 Å². The smallest absolute Gasteiger partial charge is 0.226 e. The van der Waals surface area contributed by atoms with Gasteiger partial charge in [-0.15, -0.1) is 0 Å². The maximum absolute atomic E-state index is 13.3. The molecule has 6 nitrogen and oxygen atoms in total. The standard InChI is InChI=1S/C22H20N4O2/c1-13-6-2-3-7-15(13)21-20-17(25-22-23-12-24-26(21)22)10-14(11-19(20)28)16-8-4-5-9-18(16)27/h2-9,12,14,21,27H,10-11H2,1H3,(H,23,24,25). The van der Waals surface area contributed by atoms with Crippen molar-refractivity contribution in [2.75, 3.05) is 5.32 Å². The number of phenols is 1. The number of anilines is 1. The Morgan fingerprint density at radius 1 is 1.07 bits per heavy atom. The van der Waals surface area contributed by atoms with Gasteiger partial charge in [-0.3, -0.25) is 4.79 Å². The monoisotopic (exact) mass is 372 g/mol. The van der Waals surface area contributed by atoms with Crippen molar-refractivity contribution in [2.24, 2.45) is 0 Å². The van der Waals surface area contributed by atoms with E-state index in [2.05, 4.69) is 15.4 Å². The number of benzene rings is 2. The van der Waals surface area contributed by atoms with Crippen molar-refractivity contribution in [1.82, 2.24) is 14.8 Å².